The molecule has 3 rings (SSSR count). The van der Waals surface area contributed by atoms with E-state index in [0.717, 1.165) is 0 Å². The summed E-state index contributed by atoms with van der Waals surface area (Å²) in [6.45, 7) is 1.65. The second-order valence-electron chi connectivity index (χ2n) is 6.18. The molecule has 3 aromatic rings. The summed E-state index contributed by atoms with van der Waals surface area (Å²) in [5.41, 5.74) is 0.873. The molecule has 11 heteroatoms. The molecule has 0 radical (unpaired) electrons. The summed E-state index contributed by atoms with van der Waals surface area (Å²) in [5, 5.41) is -0.190. The first-order chi connectivity index (χ1) is 14.1. The maximum Gasteiger partial charge on any atom is 0.264 e. The van der Waals surface area contributed by atoms with Gasteiger partial charge in [0.25, 0.3) is 20.0 Å². The summed E-state index contributed by atoms with van der Waals surface area (Å²) in [6, 6.07) is 13.4. The topological polar surface area (TPSA) is 114 Å². The number of halogens is 1. The minimum absolute atomic E-state index is 0.0952. The smallest absolute Gasteiger partial charge is 0.264 e. The molecule has 0 bridgehead atoms. The summed E-state index contributed by atoms with van der Waals surface area (Å²) in [6.07, 6.45) is 1.36. The van der Waals surface area contributed by atoms with Crippen LogP contribution in [-0.2, 0) is 20.0 Å². The molecule has 0 aliphatic rings. The number of aryl methyl sites for hydroxylation is 1. The van der Waals surface area contributed by atoms with Crippen molar-refractivity contribution in [2.75, 3.05) is 16.6 Å². The fourth-order valence-electron chi connectivity index (χ4n) is 2.58. The third-order valence-corrected chi connectivity index (χ3v) is 7.30. The number of ether oxygens (including phenoxy) is 1. The van der Waals surface area contributed by atoms with Gasteiger partial charge < -0.3 is 4.74 Å². The predicted molar refractivity (Wildman–Crippen MR) is 115 cm³/mol. The van der Waals surface area contributed by atoms with Gasteiger partial charge in [-0.2, -0.15) is 0 Å². The van der Waals surface area contributed by atoms with E-state index < -0.39 is 20.0 Å². The standard InChI is InChI=1S/C19H18ClN3O5S2/c1-13-9-10-14(29(24,25)22-15-6-3-4-7-17(15)28-2)12-16(13)23-30(26,27)18-8-5-11-21-19(18)20/h3-12,22-23H,1-2H3. The van der Waals surface area contributed by atoms with Gasteiger partial charge in [-0.1, -0.05) is 29.8 Å². The fourth-order valence-corrected chi connectivity index (χ4v) is 5.25. The molecule has 1 aromatic heterocycles. The van der Waals surface area contributed by atoms with Gasteiger partial charge in [0.2, 0.25) is 0 Å². The van der Waals surface area contributed by atoms with Gasteiger partial charge in [0.05, 0.1) is 23.4 Å². The monoisotopic (exact) mass is 467 g/mol. The minimum Gasteiger partial charge on any atom is -0.495 e. The van der Waals surface area contributed by atoms with Gasteiger partial charge in [-0.25, -0.2) is 21.8 Å². The van der Waals surface area contributed by atoms with Crippen LogP contribution >= 0.6 is 11.6 Å². The number of hydrogen-bond acceptors (Lipinski definition) is 6. The molecule has 2 N–H and O–H groups in total. The van der Waals surface area contributed by atoms with Crippen LogP contribution in [0.2, 0.25) is 5.15 Å². The second-order valence-corrected chi connectivity index (χ2v) is 9.87. The zero-order chi connectivity index (χ0) is 21.9. The molecule has 1 heterocycles. The van der Waals surface area contributed by atoms with Crippen molar-refractivity contribution >= 4 is 43.0 Å². The Hall–Kier alpha value is -2.82. The molecular formula is C19H18ClN3O5S2. The van der Waals surface area contributed by atoms with Crippen molar-refractivity contribution in [1.29, 1.82) is 0 Å². The molecule has 0 spiro atoms. The van der Waals surface area contributed by atoms with Gasteiger partial charge in [-0.3, -0.25) is 9.44 Å². The van der Waals surface area contributed by atoms with Crippen molar-refractivity contribution in [1.82, 2.24) is 4.98 Å². The summed E-state index contributed by atoms with van der Waals surface area (Å²) >= 11 is 5.89. The normalized spacial score (nSPS) is 11.7. The summed E-state index contributed by atoms with van der Waals surface area (Å²) in [7, 11) is -6.67. The van der Waals surface area contributed by atoms with Crippen LogP contribution in [0, 0.1) is 6.92 Å². The van der Waals surface area contributed by atoms with E-state index in [1.165, 1.54) is 43.6 Å². The molecule has 0 aliphatic carbocycles. The molecule has 0 saturated heterocycles. The quantitative estimate of drug-likeness (QED) is 0.512. The van der Waals surface area contributed by atoms with Gasteiger partial charge in [-0.15, -0.1) is 0 Å². The van der Waals surface area contributed by atoms with Gasteiger partial charge in [-0.05, 0) is 48.9 Å². The molecule has 0 aliphatic heterocycles. The van der Waals surface area contributed by atoms with Crippen LogP contribution in [0.15, 0.2) is 70.6 Å². The molecule has 158 valence electrons. The van der Waals surface area contributed by atoms with Crippen LogP contribution in [0.3, 0.4) is 0 Å². The Kier molecular flexibility index (Phi) is 6.20. The Balaban J connectivity index is 1.96. The first kappa shape index (κ1) is 21.9. The third-order valence-electron chi connectivity index (χ3n) is 4.13. The lowest BCUT2D eigenvalue weighted by Gasteiger charge is -2.15. The van der Waals surface area contributed by atoms with E-state index in [1.54, 1.807) is 31.2 Å². The Morgan fingerprint density at radius 3 is 2.30 bits per heavy atom. The Bertz CT molecular complexity index is 1300. The van der Waals surface area contributed by atoms with Gasteiger partial charge >= 0.3 is 0 Å². The highest BCUT2D eigenvalue weighted by Crippen LogP contribution is 2.29. The third kappa shape index (κ3) is 4.66. The summed E-state index contributed by atoms with van der Waals surface area (Å²) < 4.78 is 61.1. The molecule has 0 atom stereocenters. The molecule has 0 amide bonds. The number of hydrogen-bond donors (Lipinski definition) is 2. The van der Waals surface area contributed by atoms with E-state index in [0.29, 0.717) is 11.3 Å². The Morgan fingerprint density at radius 1 is 0.900 bits per heavy atom. The molecule has 30 heavy (non-hydrogen) atoms. The highest BCUT2D eigenvalue weighted by Gasteiger charge is 2.22. The number of anilines is 2. The number of pyridine rings is 1. The summed E-state index contributed by atoms with van der Waals surface area (Å²) in [4.78, 5) is 3.41. The first-order valence-corrected chi connectivity index (χ1v) is 11.9. The van der Waals surface area contributed by atoms with E-state index in [1.807, 2.05) is 0 Å². The molecule has 2 aromatic carbocycles. The van der Waals surface area contributed by atoms with Gasteiger partial charge in [0.1, 0.15) is 15.8 Å². The van der Waals surface area contributed by atoms with E-state index >= 15 is 0 Å². The Morgan fingerprint density at radius 2 is 1.60 bits per heavy atom. The lowest BCUT2D eigenvalue weighted by molar-refractivity contribution is 0.417. The maximum atomic E-state index is 12.8. The first-order valence-electron chi connectivity index (χ1n) is 8.54. The van der Waals surface area contributed by atoms with E-state index in [2.05, 4.69) is 14.4 Å². The van der Waals surface area contributed by atoms with E-state index in [4.69, 9.17) is 16.3 Å². The molecule has 0 saturated carbocycles. The average molecular weight is 468 g/mol. The fraction of sp³-hybridized carbons (Fsp3) is 0.105. The zero-order valence-electron chi connectivity index (χ0n) is 16.0. The number of aromatic nitrogens is 1. The van der Waals surface area contributed by atoms with Crippen molar-refractivity contribution in [2.45, 2.75) is 16.7 Å². The molecule has 0 unspecified atom stereocenters. The van der Waals surface area contributed by atoms with Crippen LogP contribution in [0.4, 0.5) is 11.4 Å². The maximum absolute atomic E-state index is 12.8. The van der Waals surface area contributed by atoms with Crippen molar-refractivity contribution in [2.24, 2.45) is 0 Å². The SMILES string of the molecule is COc1ccccc1NS(=O)(=O)c1ccc(C)c(NS(=O)(=O)c2cccnc2Cl)c1. The minimum atomic E-state index is -4.08. The number of rotatable bonds is 7. The van der Waals surface area contributed by atoms with Gasteiger partial charge in [0.15, 0.2) is 0 Å². The van der Waals surface area contributed by atoms with Gasteiger partial charge in [0, 0.05) is 6.20 Å². The van der Waals surface area contributed by atoms with E-state index in [9.17, 15) is 16.8 Å². The number of para-hydroxylation sites is 2. The highest BCUT2D eigenvalue weighted by molar-refractivity contribution is 7.93. The average Bonchev–Trinajstić information content (AvgIpc) is 2.69. The lowest BCUT2D eigenvalue weighted by atomic mass is 10.2. The van der Waals surface area contributed by atoms with Crippen LogP contribution in [0.25, 0.3) is 0 Å². The van der Waals surface area contributed by atoms with Crippen LogP contribution < -0.4 is 14.2 Å². The number of nitrogens with one attached hydrogen (secondary N) is 2. The van der Waals surface area contributed by atoms with Crippen molar-refractivity contribution in [3.8, 4) is 5.75 Å². The Labute approximate surface area is 180 Å². The van der Waals surface area contributed by atoms with Crippen molar-refractivity contribution < 1.29 is 21.6 Å². The van der Waals surface area contributed by atoms with Crippen LogP contribution in [0.5, 0.6) is 5.75 Å². The number of methoxy groups -OCH3 is 1. The number of nitrogens with zero attached hydrogens (tertiary/aromatic N) is 1. The lowest BCUT2D eigenvalue weighted by Crippen LogP contribution is -2.17. The molecular weight excluding hydrogens is 450 g/mol. The van der Waals surface area contributed by atoms with Crippen molar-refractivity contribution in [3.05, 3.63) is 71.5 Å². The number of benzene rings is 2. The highest BCUT2D eigenvalue weighted by atomic mass is 35.5. The second kappa shape index (κ2) is 8.50. The van der Waals surface area contributed by atoms with Crippen LogP contribution in [0.1, 0.15) is 5.56 Å². The zero-order valence-corrected chi connectivity index (χ0v) is 18.3. The molecule has 0 fully saturated rings. The van der Waals surface area contributed by atoms with Crippen LogP contribution in [-0.4, -0.2) is 28.9 Å². The van der Waals surface area contributed by atoms with E-state index in [-0.39, 0.29) is 26.3 Å². The number of sulfonamides is 2. The largest absolute Gasteiger partial charge is 0.495 e. The predicted octanol–water partition coefficient (Wildman–Crippen LogP) is 3.65. The molecule has 8 nitrogen and oxygen atoms in total. The van der Waals surface area contributed by atoms with Crippen molar-refractivity contribution in [3.63, 3.8) is 0 Å². The summed E-state index contributed by atoms with van der Waals surface area (Å²) in [5.74, 6) is 0.348.